The zero-order valence-electron chi connectivity index (χ0n) is 13.7. The molecule has 0 aliphatic carbocycles. The summed E-state index contributed by atoms with van der Waals surface area (Å²) >= 11 is 9.21. The van der Waals surface area contributed by atoms with Gasteiger partial charge in [0.15, 0.2) is 11.5 Å². The molecule has 0 saturated heterocycles. The molecule has 9 heteroatoms. The molecule has 0 fully saturated rings. The normalized spacial score (nSPS) is 11.6. The minimum atomic E-state index is -3.93. The van der Waals surface area contributed by atoms with Crippen molar-refractivity contribution in [1.82, 2.24) is 4.31 Å². The predicted molar refractivity (Wildman–Crippen MR) is 97.3 cm³/mol. The van der Waals surface area contributed by atoms with Gasteiger partial charge in [0.2, 0.25) is 10.0 Å². The van der Waals surface area contributed by atoms with Crippen molar-refractivity contribution in [2.45, 2.75) is 11.4 Å². The van der Waals surface area contributed by atoms with E-state index in [1.165, 1.54) is 51.6 Å². The lowest BCUT2D eigenvalue weighted by Gasteiger charge is -2.20. The van der Waals surface area contributed by atoms with Crippen LogP contribution in [0.5, 0.6) is 11.5 Å². The lowest BCUT2D eigenvalue weighted by atomic mass is 10.2. The molecule has 0 radical (unpaired) electrons. The number of hydrogen-bond donors (Lipinski definition) is 0. The first kappa shape index (κ1) is 20.0. The largest absolute Gasteiger partial charge is 0.493 e. The fraction of sp³-hybridized carbons (Fsp3) is 0.250. The molecule has 5 nitrogen and oxygen atoms in total. The van der Waals surface area contributed by atoms with Crippen molar-refractivity contribution in [1.29, 1.82) is 0 Å². The maximum absolute atomic E-state index is 13.9. The first-order valence-corrected chi connectivity index (χ1v) is 9.64. The van der Waals surface area contributed by atoms with Gasteiger partial charge in [0, 0.05) is 34.7 Å². The van der Waals surface area contributed by atoms with Gasteiger partial charge in [0.05, 0.1) is 14.2 Å². The van der Waals surface area contributed by atoms with Crippen molar-refractivity contribution in [3.63, 3.8) is 0 Å². The lowest BCUT2D eigenvalue weighted by molar-refractivity contribution is 0.353. The highest BCUT2D eigenvalue weighted by Crippen LogP contribution is 2.37. The summed E-state index contributed by atoms with van der Waals surface area (Å²) in [6.45, 7) is -0.214. The molecule has 0 aliphatic heterocycles. The van der Waals surface area contributed by atoms with E-state index < -0.39 is 15.8 Å². The van der Waals surface area contributed by atoms with Gasteiger partial charge in [0.25, 0.3) is 0 Å². The van der Waals surface area contributed by atoms with Crippen molar-refractivity contribution in [3.8, 4) is 11.5 Å². The molecule has 2 rings (SSSR count). The van der Waals surface area contributed by atoms with Gasteiger partial charge in [-0.3, -0.25) is 0 Å². The second-order valence-electron chi connectivity index (χ2n) is 5.10. The van der Waals surface area contributed by atoms with E-state index in [-0.39, 0.29) is 27.8 Å². The van der Waals surface area contributed by atoms with E-state index in [4.69, 9.17) is 21.1 Å². The van der Waals surface area contributed by atoms with Gasteiger partial charge in [-0.2, -0.15) is 4.31 Å². The molecule has 2 aromatic rings. The average Bonchev–Trinajstić information content (AvgIpc) is 2.57. The van der Waals surface area contributed by atoms with Crippen LogP contribution in [0.1, 0.15) is 5.56 Å². The van der Waals surface area contributed by atoms with Crippen molar-refractivity contribution >= 4 is 37.6 Å². The molecule has 0 heterocycles. The van der Waals surface area contributed by atoms with Crippen LogP contribution in [0.15, 0.2) is 39.7 Å². The molecule has 2 aromatic carbocycles. The molecule has 0 amide bonds. The highest BCUT2D eigenvalue weighted by molar-refractivity contribution is 9.10. The number of sulfonamides is 1. The van der Waals surface area contributed by atoms with Crippen LogP contribution in [0.25, 0.3) is 0 Å². The Morgan fingerprint density at radius 3 is 2.36 bits per heavy atom. The molecule has 0 saturated carbocycles. The number of ether oxygens (including phenoxy) is 2. The highest BCUT2D eigenvalue weighted by atomic mass is 79.9. The van der Waals surface area contributed by atoms with E-state index in [2.05, 4.69) is 15.9 Å². The molecular formula is C16H16BrClFNO4S. The second kappa shape index (κ2) is 7.90. The second-order valence-corrected chi connectivity index (χ2v) is 8.37. The fourth-order valence-electron chi connectivity index (χ4n) is 2.19. The van der Waals surface area contributed by atoms with E-state index in [1.54, 1.807) is 0 Å². The minimum Gasteiger partial charge on any atom is -0.493 e. The summed E-state index contributed by atoms with van der Waals surface area (Å²) in [7, 11) is 0.272. The van der Waals surface area contributed by atoms with Gasteiger partial charge in [-0.15, -0.1) is 0 Å². The van der Waals surface area contributed by atoms with Crippen molar-refractivity contribution in [2.24, 2.45) is 0 Å². The van der Waals surface area contributed by atoms with Gasteiger partial charge < -0.3 is 9.47 Å². The topological polar surface area (TPSA) is 55.8 Å². The van der Waals surface area contributed by atoms with Crippen LogP contribution < -0.4 is 9.47 Å². The van der Waals surface area contributed by atoms with Crippen LogP contribution in [-0.4, -0.2) is 34.0 Å². The van der Waals surface area contributed by atoms with Crippen LogP contribution >= 0.6 is 27.5 Å². The molecule has 0 atom stereocenters. The first-order valence-electron chi connectivity index (χ1n) is 7.03. The third-order valence-corrected chi connectivity index (χ3v) is 6.68. The van der Waals surface area contributed by atoms with Crippen LogP contribution in [0.2, 0.25) is 5.02 Å². The van der Waals surface area contributed by atoms with Crippen LogP contribution in [-0.2, 0) is 16.6 Å². The predicted octanol–water partition coefficient (Wildman–Crippen LogP) is 4.08. The Balaban J connectivity index is 2.44. The maximum Gasteiger partial charge on any atom is 0.244 e. The Kier molecular flexibility index (Phi) is 6.31. The Labute approximate surface area is 159 Å². The Hall–Kier alpha value is -1.35. The first-order chi connectivity index (χ1) is 11.7. The Bertz CT molecular complexity index is 872. The van der Waals surface area contributed by atoms with Gasteiger partial charge >= 0.3 is 0 Å². The number of rotatable bonds is 6. The summed E-state index contributed by atoms with van der Waals surface area (Å²) in [5.41, 5.74) is 0.104. The number of benzene rings is 2. The third kappa shape index (κ3) is 4.08. The number of nitrogens with zero attached hydrogens (tertiary/aromatic N) is 1. The summed E-state index contributed by atoms with van der Waals surface area (Å²) in [5.74, 6) is 0.0793. The molecule has 0 N–H and O–H groups in total. The van der Waals surface area contributed by atoms with Crippen molar-refractivity contribution in [3.05, 3.63) is 51.2 Å². The molecule has 0 spiro atoms. The maximum atomic E-state index is 13.9. The van der Waals surface area contributed by atoms with Crippen molar-refractivity contribution in [2.75, 3.05) is 21.3 Å². The smallest absolute Gasteiger partial charge is 0.244 e. The third-order valence-electron chi connectivity index (χ3n) is 3.57. The molecular weight excluding hydrogens is 437 g/mol. The summed E-state index contributed by atoms with van der Waals surface area (Å²) in [6, 6.07) is 7.04. The fourth-order valence-corrected chi connectivity index (χ4v) is 4.55. The van der Waals surface area contributed by atoms with Crippen LogP contribution in [0, 0.1) is 5.82 Å². The molecule has 136 valence electrons. The zero-order valence-corrected chi connectivity index (χ0v) is 16.9. The summed E-state index contributed by atoms with van der Waals surface area (Å²) in [5, 5.41) is 0.161. The number of methoxy groups -OCH3 is 2. The van der Waals surface area contributed by atoms with Gasteiger partial charge in [-0.05, 0) is 34.1 Å². The summed E-state index contributed by atoms with van der Waals surface area (Å²) < 4.78 is 51.3. The number of hydrogen-bond acceptors (Lipinski definition) is 4. The number of halogens is 3. The Morgan fingerprint density at radius 1 is 1.20 bits per heavy atom. The average molecular weight is 453 g/mol. The molecule has 0 bridgehead atoms. The lowest BCUT2D eigenvalue weighted by Crippen LogP contribution is -2.27. The quantitative estimate of drug-likeness (QED) is 0.663. The van der Waals surface area contributed by atoms with E-state index in [9.17, 15) is 12.8 Å². The van der Waals surface area contributed by atoms with Crippen LogP contribution in [0.3, 0.4) is 0 Å². The standard InChI is InChI=1S/C16H16BrClFNO4S/c1-20(9-10-12(18)5-4-6-13(10)19)25(21,22)16-8-15(24-3)14(23-2)7-11(16)17/h4-8H,9H2,1-3H3. The SMILES string of the molecule is COc1cc(Br)c(S(=O)(=O)N(C)Cc2c(F)cccc2Cl)cc1OC. The minimum absolute atomic E-state index is 0.0277. The molecule has 0 aliphatic rings. The van der Waals surface area contributed by atoms with Gasteiger partial charge in [-0.25, -0.2) is 12.8 Å². The molecule has 0 unspecified atom stereocenters. The summed E-state index contributed by atoms with van der Waals surface area (Å²) in [4.78, 5) is -0.0277. The van der Waals surface area contributed by atoms with E-state index in [0.717, 1.165) is 4.31 Å². The molecule has 0 aromatic heterocycles. The molecule has 25 heavy (non-hydrogen) atoms. The summed E-state index contributed by atoms with van der Waals surface area (Å²) in [6.07, 6.45) is 0. The van der Waals surface area contributed by atoms with Crippen LogP contribution in [0.4, 0.5) is 4.39 Å². The van der Waals surface area contributed by atoms with Gasteiger partial charge in [0.1, 0.15) is 10.7 Å². The van der Waals surface area contributed by atoms with Gasteiger partial charge in [-0.1, -0.05) is 17.7 Å². The van der Waals surface area contributed by atoms with Crippen molar-refractivity contribution < 1.29 is 22.3 Å². The van der Waals surface area contributed by atoms with E-state index in [0.29, 0.717) is 10.2 Å². The zero-order chi connectivity index (χ0) is 18.8. The monoisotopic (exact) mass is 451 g/mol. The highest BCUT2D eigenvalue weighted by Gasteiger charge is 2.27. The van der Waals surface area contributed by atoms with E-state index in [1.807, 2.05) is 0 Å². The van der Waals surface area contributed by atoms with E-state index >= 15 is 0 Å². The Morgan fingerprint density at radius 2 is 1.80 bits per heavy atom.